The van der Waals surface area contributed by atoms with E-state index in [9.17, 15) is 31.1 Å². The van der Waals surface area contributed by atoms with E-state index in [0.29, 0.717) is 16.8 Å². The Labute approximate surface area is 167 Å². The normalized spacial score (nSPS) is 12.1. The summed E-state index contributed by atoms with van der Waals surface area (Å²) in [7, 11) is 0. The quantitative estimate of drug-likeness (QED) is 0.597. The zero-order valence-electron chi connectivity index (χ0n) is 15.3. The predicted molar refractivity (Wildman–Crippen MR) is 95.6 cm³/mol. The van der Waals surface area contributed by atoms with Crippen LogP contribution in [0.5, 0.6) is 0 Å². The monoisotopic (exact) mass is 427 g/mol. The molecule has 0 aliphatic carbocycles. The standard InChI is InChI=1S/C20H15F6N3O/c21-19(22,23)15-5-1-13(2-6-15)11-18(30)27-12-14-3-7-16(8-4-14)29-10-9-17(28-29)20(24,25)26/h1-10H,11-12H2,(H,27,30). The van der Waals surface area contributed by atoms with Crippen molar-refractivity contribution in [2.75, 3.05) is 0 Å². The van der Waals surface area contributed by atoms with Gasteiger partial charge >= 0.3 is 12.4 Å². The molecule has 0 radical (unpaired) electrons. The molecular weight excluding hydrogens is 412 g/mol. The largest absolute Gasteiger partial charge is 0.435 e. The van der Waals surface area contributed by atoms with Crippen LogP contribution in [0.25, 0.3) is 5.69 Å². The molecular formula is C20H15F6N3O. The molecule has 0 spiro atoms. The van der Waals surface area contributed by atoms with Crippen LogP contribution in [0.4, 0.5) is 26.3 Å². The van der Waals surface area contributed by atoms with E-state index in [0.717, 1.165) is 22.9 Å². The van der Waals surface area contributed by atoms with Crippen LogP contribution in [-0.4, -0.2) is 15.7 Å². The van der Waals surface area contributed by atoms with Gasteiger partial charge in [0.25, 0.3) is 0 Å². The van der Waals surface area contributed by atoms with Crippen molar-refractivity contribution < 1.29 is 31.1 Å². The van der Waals surface area contributed by atoms with Gasteiger partial charge in [-0.25, -0.2) is 4.68 Å². The van der Waals surface area contributed by atoms with Crippen LogP contribution in [0.2, 0.25) is 0 Å². The number of aromatic nitrogens is 2. The molecule has 30 heavy (non-hydrogen) atoms. The number of amides is 1. The van der Waals surface area contributed by atoms with Crippen molar-refractivity contribution in [3.63, 3.8) is 0 Å². The van der Waals surface area contributed by atoms with Gasteiger partial charge in [-0.2, -0.15) is 31.4 Å². The van der Waals surface area contributed by atoms with Crippen molar-refractivity contribution in [3.05, 3.63) is 83.2 Å². The van der Waals surface area contributed by atoms with E-state index in [1.165, 1.54) is 18.3 Å². The summed E-state index contributed by atoms with van der Waals surface area (Å²) in [5.41, 5.74) is -0.226. The van der Waals surface area contributed by atoms with Crippen molar-refractivity contribution in [1.82, 2.24) is 15.1 Å². The smallest absolute Gasteiger partial charge is 0.352 e. The number of carbonyl (C=O) groups excluding carboxylic acids is 1. The Balaban J connectivity index is 1.54. The molecule has 1 aromatic heterocycles. The second-order valence-corrected chi connectivity index (χ2v) is 6.46. The highest BCUT2D eigenvalue weighted by Crippen LogP contribution is 2.29. The molecule has 0 aliphatic rings. The van der Waals surface area contributed by atoms with Crippen molar-refractivity contribution in [2.24, 2.45) is 0 Å². The summed E-state index contributed by atoms with van der Waals surface area (Å²) in [6.45, 7) is 0.159. The van der Waals surface area contributed by atoms with Gasteiger partial charge in [0.15, 0.2) is 5.69 Å². The average molecular weight is 427 g/mol. The molecule has 0 saturated carbocycles. The fraction of sp³-hybridized carbons (Fsp3) is 0.200. The number of rotatable bonds is 5. The van der Waals surface area contributed by atoms with Crippen LogP contribution in [0.1, 0.15) is 22.4 Å². The van der Waals surface area contributed by atoms with Crippen molar-refractivity contribution in [1.29, 1.82) is 0 Å². The zero-order chi connectivity index (χ0) is 21.9. The van der Waals surface area contributed by atoms with Crippen LogP contribution < -0.4 is 5.32 Å². The molecule has 3 rings (SSSR count). The Morgan fingerprint density at radius 2 is 1.43 bits per heavy atom. The molecule has 0 unspecified atom stereocenters. The third-order valence-electron chi connectivity index (χ3n) is 4.22. The maximum Gasteiger partial charge on any atom is 0.435 e. The second-order valence-electron chi connectivity index (χ2n) is 6.46. The predicted octanol–water partition coefficient (Wildman–Crippen LogP) is 4.77. The Morgan fingerprint density at radius 1 is 0.833 bits per heavy atom. The minimum Gasteiger partial charge on any atom is -0.352 e. The van der Waals surface area contributed by atoms with E-state index in [4.69, 9.17) is 0 Å². The highest BCUT2D eigenvalue weighted by molar-refractivity contribution is 5.78. The number of hydrogen-bond acceptors (Lipinski definition) is 2. The van der Waals surface area contributed by atoms with Gasteiger partial charge in [-0.05, 0) is 41.5 Å². The molecule has 158 valence electrons. The molecule has 0 fully saturated rings. The van der Waals surface area contributed by atoms with Crippen LogP contribution in [0.15, 0.2) is 60.8 Å². The number of carbonyl (C=O) groups is 1. The van der Waals surface area contributed by atoms with Gasteiger partial charge in [0.2, 0.25) is 5.91 Å². The molecule has 1 amide bonds. The Kier molecular flexibility index (Phi) is 5.86. The summed E-state index contributed by atoms with van der Waals surface area (Å²) in [4.78, 5) is 12.0. The van der Waals surface area contributed by atoms with Crippen LogP contribution in [0.3, 0.4) is 0 Å². The van der Waals surface area contributed by atoms with Gasteiger partial charge in [-0.15, -0.1) is 0 Å². The summed E-state index contributed by atoms with van der Waals surface area (Å²) in [5.74, 6) is -0.374. The fourth-order valence-corrected chi connectivity index (χ4v) is 2.65. The number of halogens is 6. The Hall–Kier alpha value is -3.30. The first-order valence-corrected chi connectivity index (χ1v) is 8.67. The molecule has 1 N–H and O–H groups in total. The average Bonchev–Trinajstić information content (AvgIpc) is 3.17. The van der Waals surface area contributed by atoms with Crippen LogP contribution in [0, 0.1) is 0 Å². The molecule has 4 nitrogen and oxygen atoms in total. The molecule has 10 heteroatoms. The van der Waals surface area contributed by atoms with E-state index >= 15 is 0 Å². The van der Waals surface area contributed by atoms with E-state index in [-0.39, 0.29) is 18.9 Å². The minimum atomic E-state index is -4.53. The van der Waals surface area contributed by atoms with Gasteiger partial charge in [0.1, 0.15) is 0 Å². The summed E-state index contributed by atoms with van der Waals surface area (Å²) < 4.78 is 76.6. The molecule has 0 atom stereocenters. The second kappa shape index (κ2) is 8.21. The van der Waals surface area contributed by atoms with Gasteiger partial charge < -0.3 is 5.32 Å². The lowest BCUT2D eigenvalue weighted by Crippen LogP contribution is -2.24. The van der Waals surface area contributed by atoms with Crippen LogP contribution in [-0.2, 0) is 30.1 Å². The fourth-order valence-electron chi connectivity index (χ4n) is 2.65. The van der Waals surface area contributed by atoms with E-state index in [1.54, 1.807) is 24.3 Å². The molecule has 2 aromatic carbocycles. The van der Waals surface area contributed by atoms with E-state index < -0.39 is 23.6 Å². The number of hydrogen-bond donors (Lipinski definition) is 1. The maximum atomic E-state index is 12.6. The molecule has 1 heterocycles. The van der Waals surface area contributed by atoms with Gasteiger partial charge in [-0.1, -0.05) is 24.3 Å². The van der Waals surface area contributed by atoms with Gasteiger partial charge in [-0.3, -0.25) is 4.79 Å². The first-order chi connectivity index (χ1) is 14.0. The first-order valence-electron chi connectivity index (χ1n) is 8.67. The Morgan fingerprint density at radius 3 is 1.97 bits per heavy atom. The lowest BCUT2D eigenvalue weighted by molar-refractivity contribution is -0.141. The molecule has 0 saturated heterocycles. The highest BCUT2D eigenvalue weighted by atomic mass is 19.4. The molecule has 0 aliphatic heterocycles. The molecule has 0 bridgehead atoms. The number of nitrogens with zero attached hydrogens (tertiary/aromatic N) is 2. The third-order valence-corrected chi connectivity index (χ3v) is 4.22. The van der Waals surface area contributed by atoms with Crippen molar-refractivity contribution in [3.8, 4) is 5.69 Å². The molecule has 3 aromatic rings. The van der Waals surface area contributed by atoms with E-state index in [1.807, 2.05) is 0 Å². The number of nitrogens with one attached hydrogen (secondary N) is 1. The summed E-state index contributed by atoms with van der Waals surface area (Å²) in [6.07, 6.45) is -7.84. The zero-order valence-corrected chi connectivity index (χ0v) is 15.3. The maximum absolute atomic E-state index is 12.6. The summed E-state index contributed by atoms with van der Waals surface area (Å²) in [5, 5.41) is 6.12. The summed E-state index contributed by atoms with van der Waals surface area (Å²) >= 11 is 0. The summed E-state index contributed by atoms with van der Waals surface area (Å²) in [6, 6.07) is 11.6. The SMILES string of the molecule is O=C(Cc1ccc(C(F)(F)F)cc1)NCc1ccc(-n2ccc(C(F)(F)F)n2)cc1. The van der Waals surface area contributed by atoms with Crippen molar-refractivity contribution in [2.45, 2.75) is 25.3 Å². The lowest BCUT2D eigenvalue weighted by atomic mass is 10.1. The van der Waals surface area contributed by atoms with Crippen LogP contribution >= 0.6 is 0 Å². The van der Waals surface area contributed by atoms with E-state index in [2.05, 4.69) is 10.4 Å². The lowest BCUT2D eigenvalue weighted by Gasteiger charge is -2.09. The third kappa shape index (κ3) is 5.40. The van der Waals surface area contributed by atoms with Crippen molar-refractivity contribution >= 4 is 5.91 Å². The highest BCUT2D eigenvalue weighted by Gasteiger charge is 2.33. The number of alkyl halides is 6. The first kappa shape index (κ1) is 21.4. The minimum absolute atomic E-state index is 0.0796. The topological polar surface area (TPSA) is 46.9 Å². The number of benzene rings is 2. The van der Waals surface area contributed by atoms with Gasteiger partial charge in [0.05, 0.1) is 17.7 Å². The Bertz CT molecular complexity index is 1000. The van der Waals surface area contributed by atoms with Gasteiger partial charge in [0, 0.05) is 12.7 Å².